The molecule has 0 aromatic rings. The molecule has 1 N–H and O–H groups in total. The molecule has 0 spiro atoms. The number of carbonyl (C=O) groups is 4. The van der Waals surface area contributed by atoms with Crippen LogP contribution in [0.2, 0.25) is 0 Å². The Kier molecular flexibility index (Phi) is 10.4. The van der Waals surface area contributed by atoms with Crippen LogP contribution < -0.4 is 5.32 Å². The Hall–Kier alpha value is -1.98. The van der Waals surface area contributed by atoms with Gasteiger partial charge in [-0.1, -0.05) is 51.9 Å². The van der Waals surface area contributed by atoms with Gasteiger partial charge in [0.05, 0.1) is 0 Å². The second-order valence-corrected chi connectivity index (χ2v) is 6.39. The summed E-state index contributed by atoms with van der Waals surface area (Å²) in [7, 11) is 0. The highest BCUT2D eigenvalue weighted by Gasteiger charge is 2.30. The molecule has 140 valence electrons. The number of esters is 1. The van der Waals surface area contributed by atoms with E-state index in [9.17, 15) is 19.2 Å². The van der Waals surface area contributed by atoms with Crippen molar-refractivity contribution in [1.29, 1.82) is 0 Å². The number of nitrogens with one attached hydrogen (secondary N) is 1. The molecule has 0 aromatic carbocycles. The van der Waals surface area contributed by atoms with Crippen LogP contribution in [0.15, 0.2) is 11.8 Å². The minimum absolute atomic E-state index is 0.139. The number of ether oxygens (including phenoxy) is 1. The van der Waals surface area contributed by atoms with E-state index in [1.165, 1.54) is 38.2 Å². The zero-order chi connectivity index (χ0) is 18.5. The Morgan fingerprint density at radius 3 is 2.32 bits per heavy atom. The van der Waals surface area contributed by atoms with E-state index in [2.05, 4.69) is 12.2 Å². The highest BCUT2D eigenvalue weighted by atomic mass is 16.5. The molecule has 1 amide bonds. The number of unbranched alkanes of at least 4 members (excludes halogenated alkanes) is 8. The smallest absolute Gasteiger partial charge is 0.334 e. The molecule has 1 atom stereocenters. The molecular weight excluding hydrogens is 322 g/mol. The summed E-state index contributed by atoms with van der Waals surface area (Å²) in [5, 5.41) is 2.48. The third-order valence-electron chi connectivity index (χ3n) is 4.23. The summed E-state index contributed by atoms with van der Waals surface area (Å²) < 4.78 is 5.03. The summed E-state index contributed by atoms with van der Waals surface area (Å²) in [6.07, 6.45) is 12.1. The van der Waals surface area contributed by atoms with Crippen LogP contribution in [0.1, 0.15) is 77.6 Å². The van der Waals surface area contributed by atoms with E-state index in [1.807, 2.05) is 0 Å². The number of ketones is 1. The molecule has 0 saturated carbocycles. The van der Waals surface area contributed by atoms with Gasteiger partial charge in [-0.3, -0.25) is 14.4 Å². The summed E-state index contributed by atoms with van der Waals surface area (Å²) >= 11 is 0. The standard InChI is InChI=1S/C19H29NO5/c1-2-3-4-5-6-7-8-9-10-11-17(16(22)14-21)25-19(24)15-12-13-18(23)20-15/h11,14-15H,2-10,12-13H2,1H3,(H,20,23)/t15-/m0/s1. The first-order chi connectivity index (χ1) is 12.1. The second-order valence-electron chi connectivity index (χ2n) is 6.39. The lowest BCUT2D eigenvalue weighted by Gasteiger charge is -2.10. The average Bonchev–Trinajstić information content (AvgIpc) is 3.05. The van der Waals surface area contributed by atoms with E-state index in [-0.39, 0.29) is 24.4 Å². The Labute approximate surface area is 149 Å². The van der Waals surface area contributed by atoms with Crippen LogP contribution in [0, 0.1) is 0 Å². The van der Waals surface area contributed by atoms with Crippen LogP contribution in [-0.4, -0.2) is 30.0 Å². The number of rotatable bonds is 13. The van der Waals surface area contributed by atoms with Gasteiger partial charge in [0.1, 0.15) is 6.04 Å². The molecule has 1 rings (SSSR count). The average molecular weight is 351 g/mol. The first-order valence-corrected chi connectivity index (χ1v) is 9.29. The molecule has 1 fully saturated rings. The molecule has 1 heterocycles. The first-order valence-electron chi connectivity index (χ1n) is 9.29. The highest BCUT2D eigenvalue weighted by Crippen LogP contribution is 2.13. The predicted molar refractivity (Wildman–Crippen MR) is 93.6 cm³/mol. The lowest BCUT2D eigenvalue weighted by Crippen LogP contribution is -2.35. The molecule has 1 saturated heterocycles. The van der Waals surface area contributed by atoms with Gasteiger partial charge in [-0.2, -0.15) is 0 Å². The van der Waals surface area contributed by atoms with Gasteiger partial charge in [0, 0.05) is 6.42 Å². The van der Waals surface area contributed by atoms with Crippen LogP contribution in [0.25, 0.3) is 0 Å². The van der Waals surface area contributed by atoms with Crippen molar-refractivity contribution < 1.29 is 23.9 Å². The number of allylic oxidation sites excluding steroid dienone is 2. The number of hydrogen-bond acceptors (Lipinski definition) is 5. The summed E-state index contributed by atoms with van der Waals surface area (Å²) in [4.78, 5) is 45.4. The summed E-state index contributed by atoms with van der Waals surface area (Å²) in [5.74, 6) is -1.99. The van der Waals surface area contributed by atoms with E-state index < -0.39 is 17.8 Å². The highest BCUT2D eigenvalue weighted by molar-refractivity contribution is 6.32. The quantitative estimate of drug-likeness (QED) is 0.138. The topological polar surface area (TPSA) is 89.5 Å². The molecule has 1 aliphatic rings. The van der Waals surface area contributed by atoms with Crippen molar-refractivity contribution in [3.05, 3.63) is 11.8 Å². The molecule has 6 nitrogen and oxygen atoms in total. The van der Waals surface area contributed by atoms with Crippen molar-refractivity contribution in [2.24, 2.45) is 0 Å². The fourth-order valence-corrected chi connectivity index (χ4v) is 2.73. The molecule has 0 aromatic heterocycles. The van der Waals surface area contributed by atoms with Crippen molar-refractivity contribution in [2.45, 2.75) is 83.6 Å². The zero-order valence-corrected chi connectivity index (χ0v) is 15.1. The molecule has 0 radical (unpaired) electrons. The number of amides is 1. The molecule has 25 heavy (non-hydrogen) atoms. The largest absolute Gasteiger partial charge is 0.421 e. The predicted octanol–water partition coefficient (Wildman–Crippen LogP) is 2.99. The maximum atomic E-state index is 11.9. The third kappa shape index (κ3) is 8.61. The van der Waals surface area contributed by atoms with E-state index in [1.54, 1.807) is 0 Å². The molecular formula is C19H29NO5. The first kappa shape index (κ1) is 21.1. The zero-order valence-electron chi connectivity index (χ0n) is 15.1. The summed E-state index contributed by atoms with van der Waals surface area (Å²) in [6.45, 7) is 2.19. The molecule has 0 bridgehead atoms. The lowest BCUT2D eigenvalue weighted by atomic mass is 10.1. The van der Waals surface area contributed by atoms with Crippen LogP contribution in [0.5, 0.6) is 0 Å². The van der Waals surface area contributed by atoms with Crippen LogP contribution in [0.4, 0.5) is 0 Å². The minimum atomic E-state index is -0.850. The van der Waals surface area contributed by atoms with E-state index in [0.29, 0.717) is 12.8 Å². The third-order valence-corrected chi connectivity index (χ3v) is 4.23. The normalized spacial score (nSPS) is 17.2. The Morgan fingerprint density at radius 1 is 1.12 bits per heavy atom. The molecule has 0 aliphatic carbocycles. The number of carbonyl (C=O) groups excluding carboxylic acids is 4. The Bertz CT molecular complexity index is 498. The lowest BCUT2D eigenvalue weighted by molar-refractivity contribution is -0.145. The van der Waals surface area contributed by atoms with Crippen molar-refractivity contribution in [2.75, 3.05) is 0 Å². The summed E-state index contributed by atoms with van der Waals surface area (Å²) in [6, 6.07) is -0.738. The van der Waals surface area contributed by atoms with E-state index in [0.717, 1.165) is 19.3 Å². The number of Topliss-reactive ketones (excluding diaryl/α,β-unsaturated/α-hetero) is 1. The maximum absolute atomic E-state index is 11.9. The van der Waals surface area contributed by atoms with Gasteiger partial charge >= 0.3 is 5.97 Å². The van der Waals surface area contributed by atoms with Crippen LogP contribution in [-0.2, 0) is 23.9 Å². The molecule has 6 heteroatoms. The van der Waals surface area contributed by atoms with Gasteiger partial charge in [-0.05, 0) is 25.3 Å². The minimum Gasteiger partial charge on any atom is -0.421 e. The monoisotopic (exact) mass is 351 g/mol. The fourth-order valence-electron chi connectivity index (χ4n) is 2.73. The molecule has 0 unspecified atom stereocenters. The van der Waals surface area contributed by atoms with Crippen LogP contribution in [0.3, 0.4) is 0 Å². The van der Waals surface area contributed by atoms with Gasteiger partial charge in [0.15, 0.2) is 12.0 Å². The number of hydrogen-bond donors (Lipinski definition) is 1. The van der Waals surface area contributed by atoms with Gasteiger partial charge < -0.3 is 10.1 Å². The van der Waals surface area contributed by atoms with Crippen molar-refractivity contribution in [1.82, 2.24) is 5.32 Å². The number of aldehydes is 1. The van der Waals surface area contributed by atoms with Gasteiger partial charge in [0.2, 0.25) is 5.91 Å². The Balaban J connectivity index is 2.33. The SMILES string of the molecule is CCCCCCCCCCC=C(OC(=O)[C@@H]1CCC(=O)N1)C(=O)C=O. The van der Waals surface area contributed by atoms with Gasteiger partial charge in [0.25, 0.3) is 5.78 Å². The Morgan fingerprint density at radius 2 is 1.76 bits per heavy atom. The van der Waals surface area contributed by atoms with Crippen molar-refractivity contribution in [3.63, 3.8) is 0 Å². The fraction of sp³-hybridized carbons (Fsp3) is 0.684. The van der Waals surface area contributed by atoms with Gasteiger partial charge in [-0.15, -0.1) is 0 Å². The summed E-state index contributed by atoms with van der Waals surface area (Å²) in [5.41, 5.74) is 0. The maximum Gasteiger partial charge on any atom is 0.334 e. The van der Waals surface area contributed by atoms with E-state index >= 15 is 0 Å². The molecule has 1 aliphatic heterocycles. The van der Waals surface area contributed by atoms with Crippen molar-refractivity contribution >= 4 is 23.9 Å². The second kappa shape index (κ2) is 12.4. The van der Waals surface area contributed by atoms with Gasteiger partial charge in [-0.25, -0.2) is 4.79 Å². The van der Waals surface area contributed by atoms with Crippen molar-refractivity contribution in [3.8, 4) is 0 Å². The van der Waals surface area contributed by atoms with Crippen LogP contribution >= 0.6 is 0 Å². The van der Waals surface area contributed by atoms with E-state index in [4.69, 9.17) is 4.74 Å².